The fraction of sp³-hybridized carbons (Fsp3) is 0.579. The van der Waals surface area contributed by atoms with E-state index < -0.39 is 17.0 Å². The average Bonchev–Trinajstić information content (AvgIpc) is 2.42. The lowest BCUT2D eigenvalue weighted by Gasteiger charge is -2.46. The highest BCUT2D eigenvalue weighted by Crippen LogP contribution is 2.47. The molecule has 0 aliphatic heterocycles. The van der Waals surface area contributed by atoms with Gasteiger partial charge in [-0.05, 0) is 49.5 Å². The molecule has 4 heteroatoms. The van der Waals surface area contributed by atoms with Gasteiger partial charge < -0.3 is 10.2 Å². The molecule has 4 nitrogen and oxygen atoms in total. The normalized spacial score (nSPS) is 25.3. The first-order chi connectivity index (χ1) is 10.5. The molecule has 23 heavy (non-hydrogen) atoms. The second-order valence-corrected chi connectivity index (χ2v) is 7.02. The Balaban J connectivity index is 3.31. The summed E-state index contributed by atoms with van der Waals surface area (Å²) < 4.78 is 0. The van der Waals surface area contributed by atoms with Crippen molar-refractivity contribution in [2.45, 2.75) is 65.9 Å². The van der Waals surface area contributed by atoms with E-state index in [1.807, 2.05) is 20.8 Å². The molecule has 0 radical (unpaired) electrons. The van der Waals surface area contributed by atoms with Crippen LogP contribution in [-0.4, -0.2) is 27.6 Å². The van der Waals surface area contributed by atoms with Crippen LogP contribution in [0.25, 0.3) is 0 Å². The Labute approximate surface area is 138 Å². The SMILES string of the molecule is CCCCC1=C(C)C(O)(/C=C/C(C)=C\C(=O)O)C(C)(C)CC1=O. The number of carbonyl (C=O) groups is 2. The number of carbonyl (C=O) groups excluding carboxylic acids is 1. The summed E-state index contributed by atoms with van der Waals surface area (Å²) in [4.78, 5) is 23.1. The lowest BCUT2D eigenvalue weighted by molar-refractivity contribution is -0.131. The molecule has 1 aliphatic rings. The monoisotopic (exact) mass is 320 g/mol. The van der Waals surface area contributed by atoms with Crippen molar-refractivity contribution < 1.29 is 19.8 Å². The summed E-state index contributed by atoms with van der Waals surface area (Å²) in [7, 11) is 0. The number of hydrogen-bond acceptors (Lipinski definition) is 3. The number of allylic oxidation sites excluding steroid dienone is 3. The number of ketones is 1. The number of unbranched alkanes of at least 4 members (excludes halogenated alkanes) is 1. The highest BCUT2D eigenvalue weighted by Gasteiger charge is 2.49. The van der Waals surface area contributed by atoms with Gasteiger partial charge in [-0.3, -0.25) is 4.79 Å². The zero-order chi connectivity index (χ0) is 17.8. The molecule has 1 atom stereocenters. The summed E-state index contributed by atoms with van der Waals surface area (Å²) in [5.41, 5.74) is 0.0629. The van der Waals surface area contributed by atoms with Gasteiger partial charge in [-0.25, -0.2) is 4.79 Å². The van der Waals surface area contributed by atoms with E-state index in [2.05, 4.69) is 6.92 Å². The maximum atomic E-state index is 12.4. The first-order valence-corrected chi connectivity index (χ1v) is 8.11. The van der Waals surface area contributed by atoms with Crippen LogP contribution in [0.2, 0.25) is 0 Å². The molecule has 0 spiro atoms. The molecule has 1 rings (SSSR count). The van der Waals surface area contributed by atoms with Gasteiger partial charge in [0, 0.05) is 17.9 Å². The Bertz CT molecular complexity index is 578. The summed E-state index contributed by atoms with van der Waals surface area (Å²) in [6.45, 7) is 9.28. The lowest BCUT2D eigenvalue weighted by Crippen LogP contribution is -2.49. The van der Waals surface area contributed by atoms with Crippen molar-refractivity contribution in [3.63, 3.8) is 0 Å². The number of aliphatic carboxylic acids is 1. The fourth-order valence-corrected chi connectivity index (χ4v) is 3.12. The van der Waals surface area contributed by atoms with E-state index in [1.54, 1.807) is 19.1 Å². The highest BCUT2D eigenvalue weighted by molar-refractivity contribution is 5.98. The van der Waals surface area contributed by atoms with E-state index in [-0.39, 0.29) is 12.2 Å². The Morgan fingerprint density at radius 1 is 1.35 bits per heavy atom. The zero-order valence-electron chi connectivity index (χ0n) is 14.8. The molecule has 0 heterocycles. The van der Waals surface area contributed by atoms with Gasteiger partial charge in [0.2, 0.25) is 0 Å². The fourth-order valence-electron chi connectivity index (χ4n) is 3.12. The number of aliphatic hydroxyl groups is 1. The quantitative estimate of drug-likeness (QED) is 0.576. The Morgan fingerprint density at radius 2 is 1.96 bits per heavy atom. The van der Waals surface area contributed by atoms with Crippen molar-refractivity contribution in [3.05, 3.63) is 34.9 Å². The van der Waals surface area contributed by atoms with Crippen LogP contribution in [0.1, 0.15) is 60.3 Å². The van der Waals surface area contributed by atoms with E-state index in [0.717, 1.165) is 24.5 Å². The molecule has 0 aromatic carbocycles. The average molecular weight is 320 g/mol. The second kappa shape index (κ2) is 7.26. The Hall–Kier alpha value is -1.68. The predicted molar refractivity (Wildman–Crippen MR) is 91.1 cm³/mol. The summed E-state index contributed by atoms with van der Waals surface area (Å²) in [5, 5.41) is 20.1. The smallest absolute Gasteiger partial charge is 0.328 e. The zero-order valence-corrected chi connectivity index (χ0v) is 14.8. The Morgan fingerprint density at radius 3 is 2.48 bits per heavy atom. The van der Waals surface area contributed by atoms with E-state index in [0.29, 0.717) is 17.6 Å². The minimum atomic E-state index is -1.25. The summed E-state index contributed by atoms with van der Waals surface area (Å²) in [6.07, 6.45) is 7.21. The third-order valence-electron chi connectivity index (χ3n) is 4.71. The molecule has 0 amide bonds. The Kier molecular flexibility index (Phi) is 6.11. The topological polar surface area (TPSA) is 74.6 Å². The maximum absolute atomic E-state index is 12.4. The van der Waals surface area contributed by atoms with Gasteiger partial charge >= 0.3 is 5.97 Å². The van der Waals surface area contributed by atoms with Crippen LogP contribution < -0.4 is 0 Å². The first-order valence-electron chi connectivity index (χ1n) is 8.11. The molecule has 2 N–H and O–H groups in total. The van der Waals surface area contributed by atoms with Crippen molar-refractivity contribution in [1.29, 1.82) is 0 Å². The molecule has 128 valence electrons. The van der Waals surface area contributed by atoms with Crippen molar-refractivity contribution in [1.82, 2.24) is 0 Å². The van der Waals surface area contributed by atoms with Gasteiger partial charge in [-0.1, -0.05) is 33.3 Å². The predicted octanol–water partition coefficient (Wildman–Crippen LogP) is 3.81. The third-order valence-corrected chi connectivity index (χ3v) is 4.71. The van der Waals surface area contributed by atoms with Gasteiger partial charge in [0.1, 0.15) is 5.60 Å². The van der Waals surface area contributed by atoms with Crippen molar-refractivity contribution >= 4 is 11.8 Å². The third kappa shape index (κ3) is 4.20. The number of carboxylic acid groups (broad SMARTS) is 1. The summed E-state index contributed by atoms with van der Waals surface area (Å²) in [6, 6.07) is 0. The first kappa shape index (κ1) is 19.4. The molecule has 0 saturated heterocycles. The van der Waals surface area contributed by atoms with Crippen LogP contribution >= 0.6 is 0 Å². The minimum absolute atomic E-state index is 0.108. The molecule has 0 bridgehead atoms. The molecular formula is C19H28O4. The van der Waals surface area contributed by atoms with Crippen molar-refractivity contribution in [2.75, 3.05) is 0 Å². The van der Waals surface area contributed by atoms with Gasteiger partial charge in [0.15, 0.2) is 5.78 Å². The van der Waals surface area contributed by atoms with Gasteiger partial charge in [-0.2, -0.15) is 0 Å². The van der Waals surface area contributed by atoms with E-state index >= 15 is 0 Å². The largest absolute Gasteiger partial charge is 0.478 e. The van der Waals surface area contributed by atoms with Gasteiger partial charge in [0.25, 0.3) is 0 Å². The minimum Gasteiger partial charge on any atom is -0.478 e. The highest BCUT2D eigenvalue weighted by atomic mass is 16.4. The molecule has 1 unspecified atom stereocenters. The van der Waals surface area contributed by atoms with Gasteiger partial charge in [-0.15, -0.1) is 0 Å². The standard InChI is InChI=1S/C19H28O4/c1-6-7-8-15-14(3)19(23,18(4,5)12-16(15)20)10-9-13(2)11-17(21)22/h9-11,23H,6-8,12H2,1-5H3,(H,21,22)/b10-9+,13-11-. The van der Waals surface area contributed by atoms with Gasteiger partial charge in [0.05, 0.1) is 0 Å². The lowest BCUT2D eigenvalue weighted by atomic mass is 9.62. The second-order valence-electron chi connectivity index (χ2n) is 7.02. The van der Waals surface area contributed by atoms with Crippen LogP contribution in [0.5, 0.6) is 0 Å². The molecule has 0 saturated carbocycles. The van der Waals surface area contributed by atoms with E-state index in [9.17, 15) is 14.7 Å². The van der Waals surface area contributed by atoms with Crippen LogP contribution in [0.3, 0.4) is 0 Å². The van der Waals surface area contributed by atoms with E-state index in [1.165, 1.54) is 0 Å². The van der Waals surface area contributed by atoms with Crippen LogP contribution in [-0.2, 0) is 9.59 Å². The summed E-state index contributed by atoms with van der Waals surface area (Å²) >= 11 is 0. The van der Waals surface area contributed by atoms with Crippen LogP contribution in [0.15, 0.2) is 34.9 Å². The molecule has 0 fully saturated rings. The summed E-state index contributed by atoms with van der Waals surface area (Å²) in [5.74, 6) is -0.912. The molecular weight excluding hydrogens is 292 g/mol. The molecule has 0 aromatic rings. The molecule has 1 aliphatic carbocycles. The number of rotatable bonds is 6. The number of carboxylic acids is 1. The van der Waals surface area contributed by atoms with Crippen LogP contribution in [0.4, 0.5) is 0 Å². The molecule has 0 aromatic heterocycles. The van der Waals surface area contributed by atoms with E-state index in [4.69, 9.17) is 5.11 Å². The van der Waals surface area contributed by atoms with Crippen molar-refractivity contribution in [2.24, 2.45) is 5.41 Å². The maximum Gasteiger partial charge on any atom is 0.328 e. The van der Waals surface area contributed by atoms with Crippen LogP contribution in [0, 0.1) is 5.41 Å². The van der Waals surface area contributed by atoms with Crippen molar-refractivity contribution in [3.8, 4) is 0 Å². The number of Topliss-reactive ketones (excluding diaryl/α,β-unsaturated/α-hetero) is 1. The number of hydrogen-bond donors (Lipinski definition) is 2.